The molecule has 11 heteroatoms. The zero-order valence-corrected chi connectivity index (χ0v) is 17.7. The van der Waals surface area contributed by atoms with Crippen molar-refractivity contribution in [3.05, 3.63) is 46.3 Å². The third-order valence-electron chi connectivity index (χ3n) is 3.82. The normalized spacial score (nSPS) is 11.8. The van der Waals surface area contributed by atoms with Gasteiger partial charge in [-0.05, 0) is 43.5 Å². The molecular weight excluding hydrogens is 445 g/mol. The number of anilines is 1. The maximum Gasteiger partial charge on any atom is 0.416 e. The van der Waals surface area contributed by atoms with Crippen LogP contribution in [0.5, 0.6) is 0 Å². The highest BCUT2D eigenvalue weighted by Gasteiger charge is 2.31. The van der Waals surface area contributed by atoms with Gasteiger partial charge in [0.15, 0.2) is 11.0 Å². The smallest absolute Gasteiger partial charge is 0.324 e. The third kappa shape index (κ3) is 5.12. The Balaban J connectivity index is 1.72. The summed E-state index contributed by atoms with van der Waals surface area (Å²) in [6, 6.07) is 6.70. The summed E-state index contributed by atoms with van der Waals surface area (Å²) in [5.41, 5.74) is -0.971. The molecule has 29 heavy (non-hydrogen) atoms. The van der Waals surface area contributed by atoms with E-state index < -0.39 is 17.6 Å². The van der Waals surface area contributed by atoms with E-state index in [0.29, 0.717) is 11.0 Å². The van der Waals surface area contributed by atoms with E-state index in [0.717, 1.165) is 34.8 Å². The summed E-state index contributed by atoms with van der Waals surface area (Å²) in [5.74, 6) is 0.160. The van der Waals surface area contributed by atoms with Gasteiger partial charge in [0, 0.05) is 6.04 Å². The lowest BCUT2D eigenvalue weighted by molar-refractivity contribution is -0.137. The number of thioether (sulfide) groups is 1. The van der Waals surface area contributed by atoms with Gasteiger partial charge in [-0.3, -0.25) is 9.36 Å². The van der Waals surface area contributed by atoms with E-state index in [1.165, 1.54) is 11.3 Å². The van der Waals surface area contributed by atoms with Crippen LogP contribution in [-0.4, -0.2) is 26.4 Å². The van der Waals surface area contributed by atoms with Crippen LogP contribution in [0.25, 0.3) is 10.7 Å². The van der Waals surface area contributed by atoms with Crippen molar-refractivity contribution < 1.29 is 18.0 Å². The Morgan fingerprint density at radius 3 is 2.69 bits per heavy atom. The number of aromatic nitrogens is 3. The van der Waals surface area contributed by atoms with E-state index in [1.807, 2.05) is 35.9 Å². The minimum Gasteiger partial charge on any atom is -0.324 e. The second kappa shape index (κ2) is 8.76. The molecule has 0 fully saturated rings. The number of alkyl halides is 3. The lowest BCUT2D eigenvalue weighted by Crippen LogP contribution is -2.16. The first-order chi connectivity index (χ1) is 13.7. The van der Waals surface area contributed by atoms with Crippen LogP contribution in [0.4, 0.5) is 18.9 Å². The van der Waals surface area contributed by atoms with Crippen molar-refractivity contribution in [3.63, 3.8) is 0 Å². The molecule has 0 spiro atoms. The first-order valence-electron chi connectivity index (χ1n) is 8.45. The summed E-state index contributed by atoms with van der Waals surface area (Å²) in [7, 11) is 0. The van der Waals surface area contributed by atoms with E-state index in [4.69, 9.17) is 11.6 Å². The van der Waals surface area contributed by atoms with Crippen molar-refractivity contribution >= 4 is 46.3 Å². The van der Waals surface area contributed by atoms with Crippen LogP contribution in [0.2, 0.25) is 5.02 Å². The summed E-state index contributed by atoms with van der Waals surface area (Å²) in [4.78, 5) is 13.2. The van der Waals surface area contributed by atoms with Crippen molar-refractivity contribution in [1.29, 1.82) is 0 Å². The second-order valence-electron chi connectivity index (χ2n) is 6.28. The summed E-state index contributed by atoms with van der Waals surface area (Å²) < 4.78 is 40.5. The Hall–Kier alpha value is -2.04. The monoisotopic (exact) mass is 460 g/mol. The van der Waals surface area contributed by atoms with Crippen molar-refractivity contribution in [2.45, 2.75) is 31.2 Å². The van der Waals surface area contributed by atoms with Gasteiger partial charge in [-0.15, -0.1) is 21.5 Å². The van der Waals surface area contributed by atoms with Gasteiger partial charge in [0.25, 0.3) is 0 Å². The number of carbonyl (C=O) groups is 1. The summed E-state index contributed by atoms with van der Waals surface area (Å²) in [6.45, 7) is 3.96. The van der Waals surface area contributed by atoms with Crippen LogP contribution in [-0.2, 0) is 11.0 Å². The van der Waals surface area contributed by atoms with Gasteiger partial charge in [-0.1, -0.05) is 29.4 Å². The summed E-state index contributed by atoms with van der Waals surface area (Å²) in [5, 5.41) is 13.3. The van der Waals surface area contributed by atoms with E-state index >= 15 is 0 Å². The summed E-state index contributed by atoms with van der Waals surface area (Å²) in [6.07, 6.45) is -4.52. The molecule has 0 aliphatic heterocycles. The highest BCUT2D eigenvalue weighted by atomic mass is 35.5. The van der Waals surface area contributed by atoms with Gasteiger partial charge < -0.3 is 5.32 Å². The molecule has 0 saturated carbocycles. The topological polar surface area (TPSA) is 59.8 Å². The molecule has 0 radical (unpaired) electrons. The van der Waals surface area contributed by atoms with Gasteiger partial charge in [0.2, 0.25) is 5.91 Å². The maximum absolute atomic E-state index is 12.9. The van der Waals surface area contributed by atoms with Crippen molar-refractivity contribution in [2.75, 3.05) is 11.1 Å². The number of thiophene rings is 1. The van der Waals surface area contributed by atoms with E-state index in [1.54, 1.807) is 0 Å². The van der Waals surface area contributed by atoms with E-state index in [-0.39, 0.29) is 22.5 Å². The zero-order chi connectivity index (χ0) is 21.2. The molecule has 0 saturated heterocycles. The Morgan fingerprint density at radius 1 is 1.31 bits per heavy atom. The van der Waals surface area contributed by atoms with Gasteiger partial charge >= 0.3 is 6.18 Å². The fourth-order valence-electron chi connectivity index (χ4n) is 2.53. The molecule has 5 nitrogen and oxygen atoms in total. The predicted octanol–water partition coefficient (Wildman–Crippen LogP) is 5.99. The van der Waals surface area contributed by atoms with Gasteiger partial charge in [0.1, 0.15) is 0 Å². The highest BCUT2D eigenvalue weighted by Crippen LogP contribution is 2.34. The molecule has 3 aromatic rings. The molecule has 1 N–H and O–H groups in total. The first-order valence-corrected chi connectivity index (χ1v) is 10.7. The molecule has 1 aromatic carbocycles. The standard InChI is InChI=1S/C18H16ClF3N4OS2/c1-10(2)26-16(14-4-3-7-28-14)24-25-17(26)29-9-15(27)23-13-8-11(18(20,21)22)5-6-12(13)19/h3-8,10H,9H2,1-2H3,(H,23,27). The third-order valence-corrected chi connectivity index (χ3v) is 5.96. The number of carbonyl (C=O) groups excluding carboxylic acids is 1. The van der Waals surface area contributed by atoms with Crippen LogP contribution in [0.1, 0.15) is 25.5 Å². The van der Waals surface area contributed by atoms with Crippen LogP contribution in [0.3, 0.4) is 0 Å². The molecule has 0 aliphatic carbocycles. The van der Waals surface area contributed by atoms with Crippen molar-refractivity contribution in [2.24, 2.45) is 0 Å². The lowest BCUT2D eigenvalue weighted by atomic mass is 10.2. The lowest BCUT2D eigenvalue weighted by Gasteiger charge is -2.13. The largest absolute Gasteiger partial charge is 0.416 e. The number of amides is 1. The second-order valence-corrected chi connectivity index (χ2v) is 8.57. The molecule has 2 aromatic heterocycles. The number of nitrogens with zero attached hydrogens (tertiary/aromatic N) is 3. The van der Waals surface area contributed by atoms with Crippen LogP contribution in [0.15, 0.2) is 40.9 Å². The number of rotatable bonds is 6. The Kier molecular flexibility index (Phi) is 6.55. The molecule has 3 rings (SSSR count). The minimum absolute atomic E-state index is 0.0293. The SMILES string of the molecule is CC(C)n1c(SCC(=O)Nc2cc(C(F)(F)F)ccc2Cl)nnc1-c1cccs1. The molecule has 0 unspecified atom stereocenters. The van der Waals surface area contributed by atoms with E-state index in [2.05, 4.69) is 15.5 Å². The number of hydrogen-bond donors (Lipinski definition) is 1. The molecular formula is C18H16ClF3N4OS2. The fourth-order valence-corrected chi connectivity index (χ4v) is 4.27. The Labute approximate surface area is 178 Å². The quantitative estimate of drug-likeness (QED) is 0.459. The average Bonchev–Trinajstić information content (AvgIpc) is 3.30. The summed E-state index contributed by atoms with van der Waals surface area (Å²) >= 11 is 8.61. The van der Waals surface area contributed by atoms with Crippen molar-refractivity contribution in [1.82, 2.24) is 14.8 Å². The molecule has 154 valence electrons. The molecule has 0 aliphatic rings. The Morgan fingerprint density at radius 2 is 2.07 bits per heavy atom. The van der Waals surface area contributed by atoms with Crippen molar-refractivity contribution in [3.8, 4) is 10.7 Å². The Bertz CT molecular complexity index is 1000. The van der Waals surface area contributed by atoms with Gasteiger partial charge in [-0.2, -0.15) is 13.2 Å². The van der Waals surface area contributed by atoms with Gasteiger partial charge in [0.05, 0.1) is 26.9 Å². The van der Waals surface area contributed by atoms with Crippen LogP contribution < -0.4 is 5.32 Å². The van der Waals surface area contributed by atoms with Crippen LogP contribution in [0, 0.1) is 0 Å². The fraction of sp³-hybridized carbons (Fsp3) is 0.278. The molecule has 0 bridgehead atoms. The average molecular weight is 461 g/mol. The zero-order valence-electron chi connectivity index (χ0n) is 15.3. The predicted molar refractivity (Wildman–Crippen MR) is 110 cm³/mol. The maximum atomic E-state index is 12.9. The van der Waals surface area contributed by atoms with Crippen LogP contribution >= 0.6 is 34.7 Å². The molecule has 1 amide bonds. The first kappa shape index (κ1) is 21.7. The molecule has 0 atom stereocenters. The van der Waals surface area contributed by atoms with Gasteiger partial charge in [-0.25, -0.2) is 0 Å². The number of benzene rings is 1. The number of nitrogens with one attached hydrogen (secondary N) is 1. The van der Waals surface area contributed by atoms with E-state index in [9.17, 15) is 18.0 Å². The molecule has 2 heterocycles. The number of hydrogen-bond acceptors (Lipinski definition) is 5. The number of halogens is 4. The highest BCUT2D eigenvalue weighted by molar-refractivity contribution is 7.99. The minimum atomic E-state index is -4.52.